The van der Waals surface area contributed by atoms with Crippen LogP contribution in [0.4, 0.5) is 0 Å². The van der Waals surface area contributed by atoms with E-state index in [2.05, 4.69) is 16.8 Å². The van der Waals surface area contributed by atoms with Crippen molar-refractivity contribution in [2.75, 3.05) is 19.6 Å². The van der Waals surface area contributed by atoms with E-state index in [4.69, 9.17) is 0 Å². The quantitative estimate of drug-likeness (QED) is 0.724. The minimum atomic E-state index is -0.295. The molecule has 1 atom stereocenters. The average Bonchev–Trinajstić information content (AvgIpc) is 2.59. The molecule has 2 N–H and O–H groups in total. The van der Waals surface area contributed by atoms with Crippen LogP contribution >= 0.6 is 0 Å². The van der Waals surface area contributed by atoms with Gasteiger partial charge in [-0.1, -0.05) is 36.4 Å². The Morgan fingerprint density at radius 2 is 2.04 bits per heavy atom. The molecule has 126 valence electrons. The SMILES string of the molecule is C=CCCC(O)CN1CCC(C(=O)NCc2ccccc2)CC1. The van der Waals surface area contributed by atoms with E-state index >= 15 is 0 Å². The van der Waals surface area contributed by atoms with Gasteiger partial charge in [-0.15, -0.1) is 6.58 Å². The second-order valence-electron chi connectivity index (χ2n) is 6.30. The number of nitrogens with one attached hydrogen (secondary N) is 1. The molecule has 0 spiro atoms. The summed E-state index contributed by atoms with van der Waals surface area (Å²) in [7, 11) is 0. The molecule has 1 aliphatic heterocycles. The summed E-state index contributed by atoms with van der Waals surface area (Å²) in [6.07, 6.45) is 4.90. The minimum Gasteiger partial charge on any atom is -0.392 e. The Bertz CT molecular complexity index is 481. The Labute approximate surface area is 139 Å². The van der Waals surface area contributed by atoms with Gasteiger partial charge in [-0.3, -0.25) is 4.79 Å². The van der Waals surface area contributed by atoms with Crippen molar-refractivity contribution in [2.45, 2.75) is 38.3 Å². The van der Waals surface area contributed by atoms with Gasteiger partial charge < -0.3 is 15.3 Å². The molecule has 1 saturated heterocycles. The molecule has 4 heteroatoms. The molecule has 0 aromatic heterocycles. The van der Waals surface area contributed by atoms with Crippen molar-refractivity contribution in [3.05, 3.63) is 48.6 Å². The fraction of sp³-hybridized carbons (Fsp3) is 0.526. The molecule has 0 bridgehead atoms. The second-order valence-corrected chi connectivity index (χ2v) is 6.30. The number of aliphatic hydroxyl groups is 1. The molecule has 2 rings (SSSR count). The molecular weight excluding hydrogens is 288 g/mol. The first-order valence-corrected chi connectivity index (χ1v) is 8.52. The number of likely N-dealkylation sites (tertiary alicyclic amines) is 1. The number of carbonyl (C=O) groups is 1. The first-order chi connectivity index (χ1) is 11.2. The summed E-state index contributed by atoms with van der Waals surface area (Å²) < 4.78 is 0. The molecule has 1 unspecified atom stereocenters. The van der Waals surface area contributed by atoms with Gasteiger partial charge in [0.1, 0.15) is 0 Å². The van der Waals surface area contributed by atoms with Crippen LogP contribution in [-0.2, 0) is 11.3 Å². The summed E-state index contributed by atoms with van der Waals surface area (Å²) in [5, 5.41) is 13.0. The fourth-order valence-corrected chi connectivity index (χ4v) is 3.01. The van der Waals surface area contributed by atoms with Crippen LogP contribution in [0.1, 0.15) is 31.2 Å². The minimum absolute atomic E-state index is 0.0975. The summed E-state index contributed by atoms with van der Waals surface area (Å²) in [6, 6.07) is 9.99. The van der Waals surface area contributed by atoms with E-state index in [0.717, 1.165) is 44.3 Å². The number of carbonyl (C=O) groups excluding carboxylic acids is 1. The largest absolute Gasteiger partial charge is 0.392 e. The average molecular weight is 316 g/mol. The lowest BCUT2D eigenvalue weighted by molar-refractivity contribution is -0.126. The molecular formula is C19H28N2O2. The number of hydrogen-bond acceptors (Lipinski definition) is 3. The van der Waals surface area contributed by atoms with Crippen LogP contribution in [0, 0.1) is 5.92 Å². The molecule has 0 radical (unpaired) electrons. The highest BCUT2D eigenvalue weighted by molar-refractivity contribution is 5.78. The lowest BCUT2D eigenvalue weighted by atomic mass is 9.95. The van der Waals surface area contributed by atoms with Crippen molar-refractivity contribution < 1.29 is 9.90 Å². The number of allylic oxidation sites excluding steroid dienone is 1. The van der Waals surface area contributed by atoms with Gasteiger partial charge in [0.2, 0.25) is 5.91 Å². The summed E-state index contributed by atoms with van der Waals surface area (Å²) in [5.41, 5.74) is 1.13. The van der Waals surface area contributed by atoms with E-state index in [0.29, 0.717) is 13.1 Å². The van der Waals surface area contributed by atoms with Crippen LogP contribution in [0.5, 0.6) is 0 Å². The van der Waals surface area contributed by atoms with Crippen LogP contribution in [0.15, 0.2) is 43.0 Å². The van der Waals surface area contributed by atoms with E-state index in [1.807, 2.05) is 36.4 Å². The number of piperidine rings is 1. The van der Waals surface area contributed by atoms with Gasteiger partial charge in [-0.2, -0.15) is 0 Å². The van der Waals surface area contributed by atoms with Crippen molar-refractivity contribution >= 4 is 5.91 Å². The van der Waals surface area contributed by atoms with E-state index in [1.54, 1.807) is 0 Å². The number of benzene rings is 1. The highest BCUT2D eigenvalue weighted by atomic mass is 16.3. The monoisotopic (exact) mass is 316 g/mol. The zero-order valence-electron chi connectivity index (χ0n) is 13.8. The summed E-state index contributed by atoms with van der Waals surface area (Å²) >= 11 is 0. The molecule has 1 heterocycles. The molecule has 0 saturated carbocycles. The Morgan fingerprint density at radius 1 is 1.35 bits per heavy atom. The van der Waals surface area contributed by atoms with Crippen molar-refractivity contribution in [3.63, 3.8) is 0 Å². The lowest BCUT2D eigenvalue weighted by Gasteiger charge is -2.32. The van der Waals surface area contributed by atoms with Crippen LogP contribution in [0.3, 0.4) is 0 Å². The van der Waals surface area contributed by atoms with E-state index in [-0.39, 0.29) is 17.9 Å². The van der Waals surface area contributed by atoms with Crippen molar-refractivity contribution in [2.24, 2.45) is 5.92 Å². The third kappa shape index (κ3) is 6.16. The van der Waals surface area contributed by atoms with Gasteiger partial charge in [-0.25, -0.2) is 0 Å². The molecule has 1 aromatic carbocycles. The number of aliphatic hydroxyl groups excluding tert-OH is 1. The number of hydrogen-bond donors (Lipinski definition) is 2. The maximum atomic E-state index is 12.3. The Hall–Kier alpha value is -1.65. The highest BCUT2D eigenvalue weighted by Crippen LogP contribution is 2.18. The maximum absolute atomic E-state index is 12.3. The summed E-state index contributed by atoms with van der Waals surface area (Å²) in [5.74, 6) is 0.251. The molecule has 0 aliphatic carbocycles. The zero-order valence-corrected chi connectivity index (χ0v) is 13.8. The first kappa shape index (κ1) is 17.7. The van der Waals surface area contributed by atoms with Crippen molar-refractivity contribution in [1.82, 2.24) is 10.2 Å². The number of amides is 1. The maximum Gasteiger partial charge on any atom is 0.223 e. The predicted molar refractivity (Wildman–Crippen MR) is 92.9 cm³/mol. The number of nitrogens with zero attached hydrogens (tertiary/aromatic N) is 1. The topological polar surface area (TPSA) is 52.6 Å². The van der Waals surface area contributed by atoms with Gasteiger partial charge in [-0.05, 0) is 44.3 Å². The first-order valence-electron chi connectivity index (χ1n) is 8.52. The Morgan fingerprint density at radius 3 is 2.70 bits per heavy atom. The number of rotatable bonds is 8. The Balaban J connectivity index is 1.67. The lowest BCUT2D eigenvalue weighted by Crippen LogP contribution is -2.42. The summed E-state index contributed by atoms with van der Waals surface area (Å²) in [4.78, 5) is 14.5. The van der Waals surface area contributed by atoms with Gasteiger partial charge in [0.25, 0.3) is 0 Å². The summed E-state index contributed by atoms with van der Waals surface area (Å²) in [6.45, 7) is 6.74. The predicted octanol–water partition coefficient (Wildman–Crippen LogP) is 2.34. The third-order valence-electron chi connectivity index (χ3n) is 4.44. The van der Waals surface area contributed by atoms with Crippen LogP contribution in [0.25, 0.3) is 0 Å². The van der Waals surface area contributed by atoms with Crippen LogP contribution < -0.4 is 5.32 Å². The number of β-amino-alcohol motifs (C(OH)–C–C–N with tert-alkyl or cyclic N) is 1. The fourth-order valence-electron chi connectivity index (χ4n) is 3.01. The molecule has 1 aromatic rings. The smallest absolute Gasteiger partial charge is 0.223 e. The Kier molecular flexibility index (Phi) is 7.30. The highest BCUT2D eigenvalue weighted by Gasteiger charge is 2.25. The van der Waals surface area contributed by atoms with E-state index < -0.39 is 0 Å². The van der Waals surface area contributed by atoms with Gasteiger partial charge in [0.15, 0.2) is 0 Å². The molecule has 1 amide bonds. The molecule has 23 heavy (non-hydrogen) atoms. The normalized spacial score (nSPS) is 17.6. The third-order valence-corrected chi connectivity index (χ3v) is 4.44. The standard InChI is InChI=1S/C19H28N2O2/c1-2-3-9-18(22)15-21-12-10-17(11-13-21)19(23)20-14-16-7-5-4-6-8-16/h2,4-8,17-18,22H,1,3,9-15H2,(H,20,23). The van der Waals surface area contributed by atoms with Gasteiger partial charge in [0.05, 0.1) is 6.10 Å². The zero-order chi connectivity index (χ0) is 16.5. The molecule has 4 nitrogen and oxygen atoms in total. The van der Waals surface area contributed by atoms with Crippen LogP contribution in [-0.4, -0.2) is 41.7 Å². The molecule has 1 fully saturated rings. The van der Waals surface area contributed by atoms with E-state index in [9.17, 15) is 9.90 Å². The molecule has 1 aliphatic rings. The van der Waals surface area contributed by atoms with Crippen molar-refractivity contribution in [1.29, 1.82) is 0 Å². The van der Waals surface area contributed by atoms with Gasteiger partial charge in [0, 0.05) is 19.0 Å². The van der Waals surface area contributed by atoms with Crippen molar-refractivity contribution in [3.8, 4) is 0 Å². The van der Waals surface area contributed by atoms with Gasteiger partial charge >= 0.3 is 0 Å². The van der Waals surface area contributed by atoms with E-state index in [1.165, 1.54) is 0 Å². The second kappa shape index (κ2) is 9.48. The van der Waals surface area contributed by atoms with Crippen LogP contribution in [0.2, 0.25) is 0 Å².